The molecule has 1 atom stereocenters. The largest absolute Gasteiger partial charge is 0.507 e. The Bertz CT molecular complexity index is 857. The number of hydrogen-bond donors (Lipinski definition) is 1. The fraction of sp³-hybridized carbons (Fsp3) is 0.381. The Morgan fingerprint density at radius 2 is 2.04 bits per heavy atom. The molecule has 2 aromatic carbocycles. The predicted molar refractivity (Wildman–Crippen MR) is 98.6 cm³/mol. The van der Waals surface area contributed by atoms with Gasteiger partial charge in [-0.3, -0.25) is 4.90 Å². The van der Waals surface area contributed by atoms with Crippen molar-refractivity contribution in [2.24, 2.45) is 5.92 Å². The molecule has 0 aliphatic carbocycles. The second kappa shape index (κ2) is 6.89. The van der Waals surface area contributed by atoms with Crippen molar-refractivity contribution in [3.8, 4) is 5.75 Å². The summed E-state index contributed by atoms with van der Waals surface area (Å²) < 4.78 is 5.66. The molecule has 0 radical (unpaired) electrons. The van der Waals surface area contributed by atoms with E-state index in [1.165, 1.54) is 18.4 Å². The van der Waals surface area contributed by atoms with Crippen LogP contribution in [0.3, 0.4) is 0 Å². The molecule has 3 aromatic rings. The maximum Gasteiger partial charge on any atom is 0.175 e. The van der Waals surface area contributed by atoms with Crippen LogP contribution in [0.15, 0.2) is 47.0 Å². The molecule has 1 aliphatic rings. The Balaban J connectivity index is 1.64. The zero-order chi connectivity index (χ0) is 17.2. The number of piperidine rings is 1. The van der Waals surface area contributed by atoms with E-state index < -0.39 is 0 Å². The molecule has 130 valence electrons. The van der Waals surface area contributed by atoms with Crippen LogP contribution in [0.4, 0.5) is 0 Å². The highest BCUT2D eigenvalue weighted by atomic mass is 16.5. The quantitative estimate of drug-likeness (QED) is 0.769. The first-order valence-corrected chi connectivity index (χ1v) is 9.06. The van der Waals surface area contributed by atoms with Crippen LogP contribution in [-0.4, -0.2) is 28.3 Å². The third kappa shape index (κ3) is 3.40. The Morgan fingerprint density at radius 1 is 1.20 bits per heavy atom. The number of likely N-dealkylation sites (tertiary alicyclic amines) is 1. The van der Waals surface area contributed by atoms with Gasteiger partial charge < -0.3 is 9.63 Å². The standard InChI is InChI=1S/C21H24N2O2/c1-15-6-5-11-23(13-15)14-18-20(24)10-9-17-19(22-25-21(17)18)12-16-7-3-2-4-8-16/h2-4,7-10,15,24H,5-6,11-14H2,1H3. The first-order chi connectivity index (χ1) is 12.2. The molecule has 0 saturated carbocycles. The summed E-state index contributed by atoms with van der Waals surface area (Å²) in [4.78, 5) is 2.40. The van der Waals surface area contributed by atoms with Crippen molar-refractivity contribution >= 4 is 11.0 Å². The molecule has 1 aliphatic heterocycles. The van der Waals surface area contributed by atoms with Crippen molar-refractivity contribution in [2.75, 3.05) is 13.1 Å². The maximum absolute atomic E-state index is 10.4. The minimum Gasteiger partial charge on any atom is -0.507 e. The number of rotatable bonds is 4. The topological polar surface area (TPSA) is 49.5 Å². The van der Waals surface area contributed by atoms with Gasteiger partial charge in [0.25, 0.3) is 0 Å². The fourth-order valence-corrected chi connectivity index (χ4v) is 3.82. The Labute approximate surface area is 148 Å². The first-order valence-electron chi connectivity index (χ1n) is 9.06. The Morgan fingerprint density at radius 3 is 2.84 bits per heavy atom. The van der Waals surface area contributed by atoms with E-state index in [2.05, 4.69) is 29.1 Å². The zero-order valence-electron chi connectivity index (χ0n) is 14.6. The molecule has 1 aromatic heterocycles. The van der Waals surface area contributed by atoms with Gasteiger partial charge in [-0.15, -0.1) is 0 Å². The van der Waals surface area contributed by atoms with E-state index in [4.69, 9.17) is 4.52 Å². The Hall–Kier alpha value is -2.33. The zero-order valence-corrected chi connectivity index (χ0v) is 14.6. The second-order valence-electron chi connectivity index (χ2n) is 7.21. The van der Waals surface area contributed by atoms with Crippen molar-refractivity contribution in [1.29, 1.82) is 0 Å². The van der Waals surface area contributed by atoms with Gasteiger partial charge >= 0.3 is 0 Å². The van der Waals surface area contributed by atoms with Gasteiger partial charge in [0.1, 0.15) is 5.75 Å². The molecule has 1 unspecified atom stereocenters. The van der Waals surface area contributed by atoms with E-state index in [0.29, 0.717) is 18.2 Å². The van der Waals surface area contributed by atoms with Crippen molar-refractivity contribution < 1.29 is 9.63 Å². The van der Waals surface area contributed by atoms with Crippen LogP contribution in [0, 0.1) is 5.92 Å². The minimum atomic E-state index is 0.299. The maximum atomic E-state index is 10.4. The summed E-state index contributed by atoms with van der Waals surface area (Å²) >= 11 is 0. The van der Waals surface area contributed by atoms with Gasteiger partial charge in [-0.2, -0.15) is 0 Å². The van der Waals surface area contributed by atoms with Gasteiger partial charge in [0.05, 0.1) is 11.3 Å². The van der Waals surface area contributed by atoms with Crippen LogP contribution >= 0.6 is 0 Å². The highest BCUT2D eigenvalue weighted by Crippen LogP contribution is 2.32. The molecule has 4 heteroatoms. The number of phenolic OH excluding ortho intramolecular Hbond substituents is 1. The summed E-state index contributed by atoms with van der Waals surface area (Å²) in [5, 5.41) is 15.7. The molecule has 2 heterocycles. The molecular weight excluding hydrogens is 312 g/mol. The first kappa shape index (κ1) is 16.2. The lowest BCUT2D eigenvalue weighted by molar-refractivity contribution is 0.175. The molecule has 0 bridgehead atoms. The molecule has 1 saturated heterocycles. The fourth-order valence-electron chi connectivity index (χ4n) is 3.82. The van der Waals surface area contributed by atoms with E-state index in [9.17, 15) is 5.11 Å². The van der Waals surface area contributed by atoms with Crippen molar-refractivity contribution in [2.45, 2.75) is 32.7 Å². The van der Waals surface area contributed by atoms with E-state index >= 15 is 0 Å². The normalized spacial score (nSPS) is 18.7. The summed E-state index contributed by atoms with van der Waals surface area (Å²) in [6.45, 7) is 5.15. The van der Waals surface area contributed by atoms with Crippen molar-refractivity contribution in [1.82, 2.24) is 10.1 Å². The monoisotopic (exact) mass is 336 g/mol. The van der Waals surface area contributed by atoms with Gasteiger partial charge in [0.15, 0.2) is 5.58 Å². The number of aromatic hydroxyl groups is 1. The lowest BCUT2D eigenvalue weighted by atomic mass is 9.99. The van der Waals surface area contributed by atoms with Crippen molar-refractivity contribution in [3.63, 3.8) is 0 Å². The van der Waals surface area contributed by atoms with E-state index in [0.717, 1.165) is 41.7 Å². The third-order valence-corrected chi connectivity index (χ3v) is 5.13. The van der Waals surface area contributed by atoms with Gasteiger partial charge in [-0.05, 0) is 43.0 Å². The molecule has 0 amide bonds. The number of aromatic nitrogens is 1. The highest BCUT2D eigenvalue weighted by molar-refractivity contribution is 5.84. The van der Waals surface area contributed by atoms with Gasteiger partial charge in [0.2, 0.25) is 0 Å². The predicted octanol–water partition coefficient (Wildman–Crippen LogP) is 4.36. The van der Waals surface area contributed by atoms with Crippen LogP contribution in [0.25, 0.3) is 11.0 Å². The molecular formula is C21H24N2O2. The average Bonchev–Trinajstić information content (AvgIpc) is 3.01. The third-order valence-electron chi connectivity index (χ3n) is 5.13. The lowest BCUT2D eigenvalue weighted by Gasteiger charge is -2.30. The number of benzene rings is 2. The van der Waals surface area contributed by atoms with Crippen molar-refractivity contribution in [3.05, 3.63) is 59.3 Å². The van der Waals surface area contributed by atoms with Crippen LogP contribution in [0.2, 0.25) is 0 Å². The average molecular weight is 336 g/mol. The second-order valence-corrected chi connectivity index (χ2v) is 7.21. The number of fused-ring (bicyclic) bond motifs is 1. The van der Waals surface area contributed by atoms with E-state index in [1.807, 2.05) is 24.3 Å². The summed E-state index contributed by atoms with van der Waals surface area (Å²) in [6, 6.07) is 14.0. The number of phenols is 1. The SMILES string of the molecule is CC1CCCN(Cc2c(O)ccc3c(Cc4ccccc4)noc23)C1. The highest BCUT2D eigenvalue weighted by Gasteiger charge is 2.21. The smallest absolute Gasteiger partial charge is 0.175 e. The van der Waals surface area contributed by atoms with Crippen LogP contribution in [0.5, 0.6) is 5.75 Å². The van der Waals surface area contributed by atoms with Gasteiger partial charge in [-0.1, -0.05) is 42.4 Å². The molecule has 0 spiro atoms. The molecule has 1 N–H and O–H groups in total. The molecule has 1 fully saturated rings. The van der Waals surface area contributed by atoms with Crippen LogP contribution in [0.1, 0.15) is 36.6 Å². The minimum absolute atomic E-state index is 0.299. The number of hydrogen-bond acceptors (Lipinski definition) is 4. The summed E-state index contributed by atoms with van der Waals surface area (Å²) in [6.07, 6.45) is 3.24. The molecule has 4 nitrogen and oxygen atoms in total. The Kier molecular flexibility index (Phi) is 4.45. The molecule has 4 rings (SSSR count). The summed E-state index contributed by atoms with van der Waals surface area (Å²) in [7, 11) is 0. The summed E-state index contributed by atoms with van der Waals surface area (Å²) in [5.74, 6) is 1.01. The van der Waals surface area contributed by atoms with Crippen LogP contribution < -0.4 is 0 Å². The molecule has 25 heavy (non-hydrogen) atoms. The van der Waals surface area contributed by atoms with Gasteiger partial charge in [-0.25, -0.2) is 0 Å². The lowest BCUT2D eigenvalue weighted by Crippen LogP contribution is -2.33. The summed E-state index contributed by atoms with van der Waals surface area (Å²) in [5.41, 5.74) is 3.72. The van der Waals surface area contributed by atoms with E-state index in [1.54, 1.807) is 6.07 Å². The van der Waals surface area contributed by atoms with E-state index in [-0.39, 0.29) is 0 Å². The number of nitrogens with zero attached hydrogens (tertiary/aromatic N) is 2. The van der Waals surface area contributed by atoms with Crippen LogP contribution in [-0.2, 0) is 13.0 Å². The van der Waals surface area contributed by atoms with Gasteiger partial charge in [0, 0.05) is 24.9 Å².